The first-order chi connectivity index (χ1) is 12.8. The molecule has 1 aromatic heterocycles. The van der Waals surface area contributed by atoms with Crippen LogP contribution < -0.4 is 20.8 Å². The second-order valence-corrected chi connectivity index (χ2v) is 7.09. The maximum absolute atomic E-state index is 15.0. The van der Waals surface area contributed by atoms with E-state index in [0.717, 1.165) is 18.9 Å². The number of aromatic nitrogens is 1. The van der Waals surface area contributed by atoms with Crippen LogP contribution in [0.25, 0.3) is 10.9 Å². The molecule has 2 aromatic rings. The SMILES string of the molecule is COc1c(N2CC(N)C(O)C2)c(F)cc2c(=O)c(C(=O)O)cn(C3CC3)c12. The van der Waals surface area contributed by atoms with Gasteiger partial charge in [-0.25, -0.2) is 9.18 Å². The van der Waals surface area contributed by atoms with Gasteiger partial charge < -0.3 is 30.2 Å². The number of β-amino-alcohol motifs (C(OH)–C–C–N with tert-alkyl or cyclic N) is 1. The minimum atomic E-state index is -1.35. The van der Waals surface area contributed by atoms with Crippen molar-refractivity contribution in [3.63, 3.8) is 0 Å². The molecule has 9 heteroatoms. The standard InChI is InChI=1S/C18H20FN3O5/c1-27-17-14-9(4-11(19)15(17)21-6-12(20)13(23)7-21)16(24)10(18(25)26)5-22(14)8-2-3-8/h4-5,8,12-13,23H,2-3,6-7,20H2,1H3,(H,25,26). The number of nitrogens with zero attached hydrogens (tertiary/aromatic N) is 2. The van der Waals surface area contributed by atoms with E-state index in [1.165, 1.54) is 13.3 Å². The van der Waals surface area contributed by atoms with Gasteiger partial charge in [0, 0.05) is 31.4 Å². The predicted molar refractivity (Wildman–Crippen MR) is 96.1 cm³/mol. The van der Waals surface area contributed by atoms with Gasteiger partial charge >= 0.3 is 5.97 Å². The number of benzene rings is 1. The molecular weight excluding hydrogens is 357 g/mol. The first-order valence-electron chi connectivity index (χ1n) is 8.70. The number of aromatic carboxylic acids is 1. The molecule has 2 fully saturated rings. The topological polar surface area (TPSA) is 118 Å². The number of aliphatic hydroxyl groups excluding tert-OH is 1. The van der Waals surface area contributed by atoms with Crippen LogP contribution in [0.3, 0.4) is 0 Å². The van der Waals surface area contributed by atoms with Crippen LogP contribution in [-0.4, -0.2) is 53.1 Å². The highest BCUT2D eigenvalue weighted by molar-refractivity contribution is 5.97. The highest BCUT2D eigenvalue weighted by Crippen LogP contribution is 2.44. The molecular formula is C18H20FN3O5. The Labute approximate surface area is 153 Å². The third-order valence-corrected chi connectivity index (χ3v) is 5.22. The Kier molecular flexibility index (Phi) is 4.08. The van der Waals surface area contributed by atoms with Crippen molar-refractivity contribution in [1.29, 1.82) is 0 Å². The highest BCUT2D eigenvalue weighted by atomic mass is 19.1. The summed E-state index contributed by atoms with van der Waals surface area (Å²) in [6.07, 6.45) is 2.17. The molecule has 4 rings (SSSR count). The van der Waals surface area contributed by atoms with Crippen LogP contribution in [0.15, 0.2) is 17.1 Å². The maximum atomic E-state index is 15.0. The smallest absolute Gasteiger partial charge is 0.341 e. The summed E-state index contributed by atoms with van der Waals surface area (Å²) in [5.41, 5.74) is 5.18. The number of carboxylic acid groups (broad SMARTS) is 1. The molecule has 1 saturated carbocycles. The molecule has 2 heterocycles. The van der Waals surface area contributed by atoms with Crippen LogP contribution in [0, 0.1) is 5.82 Å². The number of hydrogen-bond donors (Lipinski definition) is 3. The fourth-order valence-corrected chi connectivity index (χ4v) is 3.72. The third-order valence-electron chi connectivity index (χ3n) is 5.22. The number of rotatable bonds is 4. The summed E-state index contributed by atoms with van der Waals surface area (Å²) in [6, 6.07) is 0.562. The van der Waals surface area contributed by atoms with E-state index < -0.39 is 34.9 Å². The van der Waals surface area contributed by atoms with E-state index in [-0.39, 0.29) is 36.0 Å². The van der Waals surface area contributed by atoms with E-state index in [1.807, 2.05) is 0 Å². The number of anilines is 1. The molecule has 0 spiro atoms. The molecule has 1 aromatic carbocycles. The van der Waals surface area contributed by atoms with Crippen LogP contribution >= 0.6 is 0 Å². The number of ether oxygens (including phenoxy) is 1. The highest BCUT2D eigenvalue weighted by Gasteiger charge is 2.35. The Hall–Kier alpha value is -2.65. The Bertz CT molecular complexity index is 991. The molecule has 0 radical (unpaired) electrons. The van der Waals surface area contributed by atoms with Gasteiger partial charge in [-0.05, 0) is 18.9 Å². The fraction of sp³-hybridized carbons (Fsp3) is 0.444. The van der Waals surface area contributed by atoms with Gasteiger partial charge in [0.1, 0.15) is 11.3 Å². The largest absolute Gasteiger partial charge is 0.492 e. The maximum Gasteiger partial charge on any atom is 0.341 e. The zero-order valence-corrected chi connectivity index (χ0v) is 14.7. The zero-order valence-electron chi connectivity index (χ0n) is 14.7. The molecule has 144 valence electrons. The first-order valence-corrected chi connectivity index (χ1v) is 8.70. The van der Waals surface area contributed by atoms with Gasteiger partial charge in [0.15, 0.2) is 11.6 Å². The van der Waals surface area contributed by atoms with Crippen molar-refractivity contribution in [3.05, 3.63) is 33.9 Å². The summed E-state index contributed by atoms with van der Waals surface area (Å²) in [5.74, 6) is -1.93. The summed E-state index contributed by atoms with van der Waals surface area (Å²) in [7, 11) is 1.37. The fourth-order valence-electron chi connectivity index (χ4n) is 3.72. The molecule has 8 nitrogen and oxygen atoms in total. The van der Waals surface area contributed by atoms with Gasteiger partial charge in [0.25, 0.3) is 0 Å². The number of hydrogen-bond acceptors (Lipinski definition) is 6. The molecule has 0 bridgehead atoms. The quantitative estimate of drug-likeness (QED) is 0.717. The number of carbonyl (C=O) groups is 1. The van der Waals surface area contributed by atoms with Gasteiger partial charge in [-0.15, -0.1) is 0 Å². The second-order valence-electron chi connectivity index (χ2n) is 7.09. The molecule has 27 heavy (non-hydrogen) atoms. The van der Waals surface area contributed by atoms with E-state index in [4.69, 9.17) is 10.5 Å². The van der Waals surface area contributed by atoms with Crippen molar-refractivity contribution in [3.8, 4) is 5.75 Å². The van der Waals surface area contributed by atoms with Gasteiger partial charge in [-0.2, -0.15) is 0 Å². The first kappa shape index (κ1) is 17.7. The average Bonchev–Trinajstić information content (AvgIpc) is 3.40. The summed E-state index contributed by atoms with van der Waals surface area (Å²) in [5, 5.41) is 19.2. The third kappa shape index (κ3) is 2.74. The van der Waals surface area contributed by atoms with Crippen molar-refractivity contribution in [2.24, 2.45) is 5.73 Å². The normalized spacial score (nSPS) is 22.4. The number of methoxy groups -OCH3 is 1. The summed E-state index contributed by atoms with van der Waals surface area (Å²) in [6.45, 7) is 0.377. The van der Waals surface area contributed by atoms with Crippen LogP contribution in [-0.2, 0) is 0 Å². The Morgan fingerprint density at radius 3 is 2.59 bits per heavy atom. The van der Waals surface area contributed by atoms with Gasteiger partial charge in [0.2, 0.25) is 5.43 Å². The molecule has 1 aliphatic carbocycles. The lowest BCUT2D eigenvalue weighted by molar-refractivity contribution is 0.0694. The van der Waals surface area contributed by atoms with E-state index >= 15 is 0 Å². The van der Waals surface area contributed by atoms with E-state index in [1.54, 1.807) is 9.47 Å². The summed E-state index contributed by atoms with van der Waals surface area (Å²) >= 11 is 0. The van der Waals surface area contributed by atoms with Gasteiger partial charge in [-0.1, -0.05) is 0 Å². The van der Waals surface area contributed by atoms with E-state index in [9.17, 15) is 24.2 Å². The molecule has 0 amide bonds. The van der Waals surface area contributed by atoms with E-state index in [2.05, 4.69) is 0 Å². The van der Waals surface area contributed by atoms with Crippen molar-refractivity contribution in [2.45, 2.75) is 31.0 Å². The molecule has 1 saturated heterocycles. The Morgan fingerprint density at radius 1 is 1.37 bits per heavy atom. The Balaban J connectivity index is 2.04. The van der Waals surface area contributed by atoms with Crippen molar-refractivity contribution < 1.29 is 24.1 Å². The lowest BCUT2D eigenvalue weighted by atomic mass is 10.1. The number of carboxylic acids is 1. The number of aliphatic hydroxyl groups is 1. The van der Waals surface area contributed by atoms with Crippen molar-refractivity contribution in [1.82, 2.24) is 4.57 Å². The van der Waals surface area contributed by atoms with Crippen molar-refractivity contribution in [2.75, 3.05) is 25.1 Å². The molecule has 2 atom stereocenters. The molecule has 2 aliphatic rings. The summed E-state index contributed by atoms with van der Waals surface area (Å²) in [4.78, 5) is 25.7. The lowest BCUT2D eigenvalue weighted by Gasteiger charge is -2.24. The molecule has 2 unspecified atom stereocenters. The monoisotopic (exact) mass is 377 g/mol. The predicted octanol–water partition coefficient (Wildman–Crippen LogP) is 0.690. The van der Waals surface area contributed by atoms with Crippen molar-refractivity contribution >= 4 is 22.6 Å². The Morgan fingerprint density at radius 2 is 2.07 bits per heavy atom. The number of fused-ring (bicyclic) bond motifs is 1. The number of halogens is 1. The van der Waals surface area contributed by atoms with Crippen LogP contribution in [0.1, 0.15) is 29.2 Å². The average molecular weight is 377 g/mol. The zero-order chi connectivity index (χ0) is 19.5. The summed E-state index contributed by atoms with van der Waals surface area (Å²) < 4.78 is 22.2. The van der Waals surface area contributed by atoms with Crippen LogP contribution in [0.5, 0.6) is 5.75 Å². The number of nitrogens with two attached hydrogens (primary N) is 1. The molecule has 1 aliphatic heterocycles. The van der Waals surface area contributed by atoms with Crippen LogP contribution in [0.2, 0.25) is 0 Å². The lowest BCUT2D eigenvalue weighted by Crippen LogP contribution is -2.32. The minimum Gasteiger partial charge on any atom is -0.492 e. The minimum absolute atomic E-state index is 0.0323. The molecule has 4 N–H and O–H groups in total. The van der Waals surface area contributed by atoms with E-state index in [0.29, 0.717) is 5.52 Å². The second kappa shape index (κ2) is 6.21. The van der Waals surface area contributed by atoms with Crippen LogP contribution in [0.4, 0.5) is 10.1 Å². The van der Waals surface area contributed by atoms with Gasteiger partial charge in [0.05, 0.1) is 24.1 Å². The van der Waals surface area contributed by atoms with Gasteiger partial charge in [-0.3, -0.25) is 4.79 Å². The number of pyridine rings is 1.